The van der Waals surface area contributed by atoms with Gasteiger partial charge in [-0.2, -0.15) is 4.98 Å². The zero-order chi connectivity index (χ0) is 14.2. The summed E-state index contributed by atoms with van der Waals surface area (Å²) in [6.45, 7) is 5.91. The lowest BCUT2D eigenvalue weighted by Gasteiger charge is -2.46. The molecule has 110 valence electrons. The second kappa shape index (κ2) is 5.18. The zero-order valence-electron chi connectivity index (χ0n) is 11.8. The first kappa shape index (κ1) is 12.9. The standard InChI is InChI=1S/C14H18N6O/c15-7-10-1-2-11(16-8-10)14-17-13(18-21-14)12-9-19-3-5-20(12)6-4-19/h1-2,8,12H,3-7,9,15H2. The minimum atomic E-state index is 0.244. The Morgan fingerprint density at radius 3 is 2.71 bits per heavy atom. The number of piperazine rings is 3. The maximum Gasteiger partial charge on any atom is 0.276 e. The quantitative estimate of drug-likeness (QED) is 0.866. The molecule has 3 aliphatic rings. The lowest BCUT2D eigenvalue weighted by atomic mass is 10.1. The number of rotatable bonds is 3. The summed E-state index contributed by atoms with van der Waals surface area (Å²) >= 11 is 0. The Hall–Kier alpha value is -1.83. The summed E-state index contributed by atoms with van der Waals surface area (Å²) < 4.78 is 5.39. The van der Waals surface area contributed by atoms with Crippen molar-refractivity contribution in [2.75, 3.05) is 32.7 Å². The van der Waals surface area contributed by atoms with Gasteiger partial charge < -0.3 is 10.3 Å². The van der Waals surface area contributed by atoms with E-state index in [1.165, 1.54) is 0 Å². The highest BCUT2D eigenvalue weighted by atomic mass is 16.5. The van der Waals surface area contributed by atoms with Gasteiger partial charge in [0.25, 0.3) is 5.89 Å². The summed E-state index contributed by atoms with van der Waals surface area (Å²) in [7, 11) is 0. The van der Waals surface area contributed by atoms with E-state index in [1.54, 1.807) is 6.20 Å². The first-order valence-electron chi connectivity index (χ1n) is 7.29. The Morgan fingerprint density at radius 1 is 1.24 bits per heavy atom. The summed E-state index contributed by atoms with van der Waals surface area (Å²) in [5.74, 6) is 1.24. The fourth-order valence-electron chi connectivity index (χ4n) is 3.01. The number of hydrogen-bond donors (Lipinski definition) is 1. The molecule has 5 heterocycles. The van der Waals surface area contributed by atoms with Crippen molar-refractivity contribution in [1.82, 2.24) is 24.9 Å². The highest BCUT2D eigenvalue weighted by Crippen LogP contribution is 2.28. The molecule has 3 aliphatic heterocycles. The van der Waals surface area contributed by atoms with Gasteiger partial charge in [-0.25, -0.2) is 0 Å². The first-order valence-corrected chi connectivity index (χ1v) is 7.29. The van der Waals surface area contributed by atoms with E-state index < -0.39 is 0 Å². The van der Waals surface area contributed by atoms with E-state index >= 15 is 0 Å². The van der Waals surface area contributed by atoms with Gasteiger partial charge in [0.1, 0.15) is 5.69 Å². The zero-order valence-corrected chi connectivity index (χ0v) is 11.8. The van der Waals surface area contributed by atoms with E-state index in [-0.39, 0.29) is 6.04 Å². The van der Waals surface area contributed by atoms with E-state index in [0.29, 0.717) is 18.1 Å². The summed E-state index contributed by atoms with van der Waals surface area (Å²) in [6.07, 6.45) is 1.75. The first-order chi connectivity index (χ1) is 10.3. The lowest BCUT2D eigenvalue weighted by molar-refractivity contribution is 0.00781. The fraction of sp³-hybridized carbons (Fsp3) is 0.500. The second-order valence-electron chi connectivity index (χ2n) is 5.57. The monoisotopic (exact) mass is 286 g/mol. The molecule has 1 unspecified atom stereocenters. The number of aromatic nitrogens is 3. The Morgan fingerprint density at radius 2 is 2.10 bits per heavy atom. The molecule has 0 radical (unpaired) electrons. The molecule has 3 saturated heterocycles. The molecule has 0 aromatic carbocycles. The topological polar surface area (TPSA) is 84.3 Å². The van der Waals surface area contributed by atoms with Crippen LogP contribution in [-0.4, -0.2) is 57.6 Å². The van der Waals surface area contributed by atoms with Crippen molar-refractivity contribution in [1.29, 1.82) is 0 Å². The molecule has 7 nitrogen and oxygen atoms in total. The van der Waals surface area contributed by atoms with Crippen molar-refractivity contribution in [3.05, 3.63) is 29.7 Å². The molecule has 3 fully saturated rings. The van der Waals surface area contributed by atoms with E-state index in [4.69, 9.17) is 10.3 Å². The van der Waals surface area contributed by atoms with Gasteiger partial charge in [0.05, 0.1) is 6.04 Å². The van der Waals surface area contributed by atoms with Crippen molar-refractivity contribution in [2.45, 2.75) is 12.6 Å². The average Bonchev–Trinajstić information content (AvgIpc) is 3.06. The number of nitrogens with zero attached hydrogens (tertiary/aromatic N) is 5. The van der Waals surface area contributed by atoms with Gasteiger partial charge in [0.2, 0.25) is 0 Å². The SMILES string of the molecule is NCc1ccc(-c2nc(C3CN4CCN3CC4)no2)nc1. The minimum Gasteiger partial charge on any atom is -0.332 e. The third-order valence-corrected chi connectivity index (χ3v) is 4.30. The number of fused-ring (bicyclic) bond motifs is 3. The van der Waals surface area contributed by atoms with Crippen LogP contribution in [0.2, 0.25) is 0 Å². The Balaban J connectivity index is 1.57. The Bertz CT molecular complexity index is 617. The normalized spacial score (nSPS) is 28.0. The van der Waals surface area contributed by atoms with Crippen LogP contribution in [0.15, 0.2) is 22.9 Å². The van der Waals surface area contributed by atoms with E-state index in [1.807, 2.05) is 12.1 Å². The fourth-order valence-corrected chi connectivity index (χ4v) is 3.01. The maximum absolute atomic E-state index is 5.57. The van der Waals surface area contributed by atoms with Crippen LogP contribution in [0.25, 0.3) is 11.6 Å². The van der Waals surface area contributed by atoms with Crippen molar-refractivity contribution in [3.63, 3.8) is 0 Å². The molecule has 2 bridgehead atoms. The van der Waals surface area contributed by atoms with Crippen LogP contribution in [0, 0.1) is 0 Å². The molecular formula is C14H18N6O. The second-order valence-corrected chi connectivity index (χ2v) is 5.57. The summed E-state index contributed by atoms with van der Waals surface area (Å²) in [5, 5.41) is 4.16. The molecular weight excluding hydrogens is 268 g/mol. The maximum atomic E-state index is 5.57. The van der Waals surface area contributed by atoms with Crippen LogP contribution in [0.3, 0.4) is 0 Å². The van der Waals surface area contributed by atoms with Crippen LogP contribution < -0.4 is 5.73 Å². The average molecular weight is 286 g/mol. The molecule has 21 heavy (non-hydrogen) atoms. The van der Waals surface area contributed by atoms with Crippen molar-refractivity contribution < 1.29 is 4.52 Å². The predicted octanol–water partition coefficient (Wildman–Crippen LogP) is 0.263. The highest BCUT2D eigenvalue weighted by Gasteiger charge is 2.35. The predicted molar refractivity (Wildman–Crippen MR) is 76.2 cm³/mol. The largest absolute Gasteiger partial charge is 0.332 e. The summed E-state index contributed by atoms with van der Waals surface area (Å²) in [5.41, 5.74) is 7.26. The minimum absolute atomic E-state index is 0.244. The number of hydrogen-bond acceptors (Lipinski definition) is 7. The molecule has 0 spiro atoms. The smallest absolute Gasteiger partial charge is 0.276 e. The molecule has 5 rings (SSSR count). The third-order valence-electron chi connectivity index (χ3n) is 4.30. The van der Waals surface area contributed by atoms with E-state index in [9.17, 15) is 0 Å². The van der Waals surface area contributed by atoms with Crippen LogP contribution in [0.4, 0.5) is 0 Å². The van der Waals surface area contributed by atoms with Crippen LogP contribution in [0.5, 0.6) is 0 Å². The molecule has 0 saturated carbocycles. The van der Waals surface area contributed by atoms with Crippen LogP contribution >= 0.6 is 0 Å². The van der Waals surface area contributed by atoms with Gasteiger partial charge in [-0.1, -0.05) is 11.2 Å². The van der Waals surface area contributed by atoms with E-state index in [0.717, 1.165) is 44.1 Å². The highest BCUT2D eigenvalue weighted by molar-refractivity contribution is 5.46. The molecule has 7 heteroatoms. The van der Waals surface area contributed by atoms with Crippen molar-refractivity contribution >= 4 is 0 Å². The number of pyridine rings is 1. The van der Waals surface area contributed by atoms with Crippen molar-refractivity contribution in [2.24, 2.45) is 5.73 Å². The van der Waals surface area contributed by atoms with Gasteiger partial charge in [-0.05, 0) is 11.6 Å². The van der Waals surface area contributed by atoms with Gasteiger partial charge in [-0.15, -0.1) is 0 Å². The summed E-state index contributed by atoms with van der Waals surface area (Å²) in [6, 6.07) is 4.05. The third kappa shape index (κ3) is 2.33. The van der Waals surface area contributed by atoms with Crippen LogP contribution in [0.1, 0.15) is 17.4 Å². The van der Waals surface area contributed by atoms with Gasteiger partial charge in [0, 0.05) is 45.5 Å². The van der Waals surface area contributed by atoms with Gasteiger partial charge in [-0.3, -0.25) is 14.8 Å². The molecule has 2 aromatic rings. The molecule has 1 atom stereocenters. The summed E-state index contributed by atoms with van der Waals surface area (Å²) in [4.78, 5) is 13.7. The van der Waals surface area contributed by atoms with Gasteiger partial charge in [0.15, 0.2) is 5.82 Å². The van der Waals surface area contributed by atoms with Gasteiger partial charge >= 0.3 is 0 Å². The van der Waals surface area contributed by atoms with Crippen LogP contribution in [-0.2, 0) is 6.54 Å². The molecule has 2 N–H and O–H groups in total. The number of nitrogens with two attached hydrogens (primary N) is 1. The molecule has 0 aliphatic carbocycles. The Kier molecular flexibility index (Phi) is 3.17. The molecule has 2 aromatic heterocycles. The van der Waals surface area contributed by atoms with Crippen molar-refractivity contribution in [3.8, 4) is 11.6 Å². The Labute approximate surface area is 122 Å². The lowest BCUT2D eigenvalue weighted by Crippen LogP contribution is -2.57. The molecule has 0 amide bonds. The van der Waals surface area contributed by atoms with E-state index in [2.05, 4.69) is 24.9 Å².